The second kappa shape index (κ2) is 6.55. The Balaban J connectivity index is 2.73. The Morgan fingerprint density at radius 3 is 2.71 bits per heavy atom. The number of aryl methyl sites for hydroxylation is 1. The molecule has 3 nitrogen and oxygen atoms in total. The maximum Gasteiger partial charge on any atom is 0.232 e. The molecule has 0 radical (unpaired) electrons. The normalized spacial score (nSPS) is 10.1. The summed E-state index contributed by atoms with van der Waals surface area (Å²) in [6.07, 6.45) is 0. The summed E-state index contributed by atoms with van der Waals surface area (Å²) in [5.41, 5.74) is 2.19. The predicted molar refractivity (Wildman–Crippen MR) is 72.7 cm³/mol. The molecule has 0 aliphatic heterocycles. The summed E-state index contributed by atoms with van der Waals surface area (Å²) in [5, 5.41) is 0. The minimum atomic E-state index is 0.0277. The molecule has 0 saturated carbocycles. The lowest BCUT2D eigenvalue weighted by molar-refractivity contribution is -0.127. The second-order valence-corrected chi connectivity index (χ2v) is 4.26. The molecule has 0 aromatic heterocycles. The van der Waals surface area contributed by atoms with Crippen LogP contribution in [0.1, 0.15) is 18.1 Å². The number of ether oxygens (including phenoxy) is 1. The van der Waals surface area contributed by atoms with Gasteiger partial charge in [0.2, 0.25) is 5.91 Å². The summed E-state index contributed by atoms with van der Waals surface area (Å²) >= 11 is 3.97. The number of thiol groups is 1. The van der Waals surface area contributed by atoms with E-state index in [-0.39, 0.29) is 11.7 Å². The van der Waals surface area contributed by atoms with Gasteiger partial charge in [-0.3, -0.25) is 4.79 Å². The maximum absolute atomic E-state index is 11.4. The van der Waals surface area contributed by atoms with Crippen LogP contribution in [0.25, 0.3) is 0 Å². The minimum Gasteiger partial charge on any atom is -0.494 e. The van der Waals surface area contributed by atoms with Gasteiger partial charge in [0.05, 0.1) is 12.4 Å². The second-order valence-electron chi connectivity index (χ2n) is 3.94. The number of hydrogen-bond donors (Lipinski definition) is 1. The van der Waals surface area contributed by atoms with E-state index in [9.17, 15) is 4.79 Å². The summed E-state index contributed by atoms with van der Waals surface area (Å²) in [5.74, 6) is 1.17. The van der Waals surface area contributed by atoms with E-state index in [1.165, 1.54) is 0 Å². The Labute approximate surface area is 108 Å². The third kappa shape index (κ3) is 3.97. The molecule has 1 aromatic carbocycles. The van der Waals surface area contributed by atoms with E-state index in [0.29, 0.717) is 13.2 Å². The van der Waals surface area contributed by atoms with Crippen molar-refractivity contribution in [2.45, 2.75) is 20.4 Å². The van der Waals surface area contributed by atoms with Crippen molar-refractivity contribution >= 4 is 18.5 Å². The quantitative estimate of drug-likeness (QED) is 0.816. The van der Waals surface area contributed by atoms with Gasteiger partial charge in [0.25, 0.3) is 0 Å². The van der Waals surface area contributed by atoms with Crippen molar-refractivity contribution in [1.29, 1.82) is 0 Å². The summed E-state index contributed by atoms with van der Waals surface area (Å²) in [6, 6.07) is 5.99. The standard InChI is InChI=1S/C13H19NO2S/c1-4-16-12-6-5-11(7-10(12)2)8-14(3)13(15)9-17/h5-7,17H,4,8-9H2,1-3H3. The lowest BCUT2D eigenvalue weighted by atomic mass is 10.1. The van der Waals surface area contributed by atoms with Gasteiger partial charge in [-0.05, 0) is 31.0 Å². The van der Waals surface area contributed by atoms with Crippen molar-refractivity contribution < 1.29 is 9.53 Å². The van der Waals surface area contributed by atoms with Gasteiger partial charge in [0.1, 0.15) is 5.75 Å². The fourth-order valence-electron chi connectivity index (χ4n) is 1.61. The zero-order chi connectivity index (χ0) is 12.8. The molecule has 0 unspecified atom stereocenters. The van der Waals surface area contributed by atoms with Gasteiger partial charge in [-0.25, -0.2) is 0 Å². The van der Waals surface area contributed by atoms with Crippen molar-refractivity contribution in [3.8, 4) is 5.75 Å². The third-order valence-corrected chi connectivity index (χ3v) is 2.79. The summed E-state index contributed by atoms with van der Waals surface area (Å²) in [7, 11) is 1.78. The van der Waals surface area contributed by atoms with E-state index in [1.54, 1.807) is 11.9 Å². The maximum atomic E-state index is 11.4. The molecule has 17 heavy (non-hydrogen) atoms. The van der Waals surface area contributed by atoms with Crippen LogP contribution in [0, 0.1) is 6.92 Å². The summed E-state index contributed by atoms with van der Waals surface area (Å²) in [4.78, 5) is 13.1. The van der Waals surface area contributed by atoms with Crippen LogP contribution in [0.5, 0.6) is 5.75 Å². The molecule has 0 N–H and O–H groups in total. The van der Waals surface area contributed by atoms with Gasteiger partial charge in [-0.1, -0.05) is 12.1 Å². The molecule has 1 rings (SSSR count). The minimum absolute atomic E-state index is 0.0277. The number of carbonyl (C=O) groups excluding carboxylic acids is 1. The third-order valence-electron chi connectivity index (χ3n) is 2.52. The molecule has 1 amide bonds. The van der Waals surface area contributed by atoms with Gasteiger partial charge in [0, 0.05) is 13.6 Å². The Kier molecular flexibility index (Phi) is 5.35. The fourth-order valence-corrected chi connectivity index (χ4v) is 1.85. The highest BCUT2D eigenvalue weighted by Crippen LogP contribution is 2.19. The van der Waals surface area contributed by atoms with E-state index >= 15 is 0 Å². The Hall–Kier alpha value is -1.16. The molecule has 4 heteroatoms. The van der Waals surface area contributed by atoms with Gasteiger partial charge in [-0.15, -0.1) is 0 Å². The van der Waals surface area contributed by atoms with Crippen molar-refractivity contribution in [2.24, 2.45) is 0 Å². The topological polar surface area (TPSA) is 29.5 Å². The lowest BCUT2D eigenvalue weighted by Crippen LogP contribution is -2.27. The molecule has 0 spiro atoms. The number of rotatable bonds is 5. The number of carbonyl (C=O) groups is 1. The Bertz CT molecular complexity index is 393. The van der Waals surface area contributed by atoms with Gasteiger partial charge in [-0.2, -0.15) is 12.6 Å². The molecule has 0 aliphatic carbocycles. The van der Waals surface area contributed by atoms with Crippen LogP contribution in [0.3, 0.4) is 0 Å². The smallest absolute Gasteiger partial charge is 0.232 e. The molecule has 94 valence electrons. The van der Waals surface area contributed by atoms with Gasteiger partial charge < -0.3 is 9.64 Å². The van der Waals surface area contributed by atoms with Crippen molar-refractivity contribution in [3.63, 3.8) is 0 Å². The molecule has 0 fully saturated rings. The average molecular weight is 253 g/mol. The van der Waals surface area contributed by atoms with E-state index in [1.807, 2.05) is 32.0 Å². The highest BCUT2D eigenvalue weighted by molar-refractivity contribution is 7.81. The van der Waals surface area contributed by atoms with Gasteiger partial charge >= 0.3 is 0 Å². The van der Waals surface area contributed by atoms with Crippen molar-refractivity contribution in [3.05, 3.63) is 29.3 Å². The van der Waals surface area contributed by atoms with Crippen molar-refractivity contribution in [1.82, 2.24) is 4.90 Å². The number of nitrogens with zero attached hydrogens (tertiary/aromatic N) is 1. The molecule has 0 aliphatic rings. The number of benzene rings is 1. The molecule has 0 heterocycles. The monoisotopic (exact) mass is 253 g/mol. The molecule has 0 atom stereocenters. The molecular weight excluding hydrogens is 234 g/mol. The molecule has 0 bridgehead atoms. The first-order chi connectivity index (χ1) is 8.08. The van der Waals surface area contributed by atoms with Crippen LogP contribution < -0.4 is 4.74 Å². The predicted octanol–water partition coefficient (Wildman–Crippen LogP) is 2.28. The first-order valence-corrected chi connectivity index (χ1v) is 6.28. The van der Waals surface area contributed by atoms with Crippen LogP contribution in [-0.4, -0.2) is 30.2 Å². The molecular formula is C13H19NO2S. The zero-order valence-electron chi connectivity index (χ0n) is 10.6. The summed E-state index contributed by atoms with van der Waals surface area (Å²) < 4.78 is 5.47. The summed E-state index contributed by atoms with van der Waals surface area (Å²) in [6.45, 7) is 5.24. The molecule has 1 aromatic rings. The van der Waals surface area contributed by atoms with Crippen molar-refractivity contribution in [2.75, 3.05) is 19.4 Å². The lowest BCUT2D eigenvalue weighted by Gasteiger charge is -2.17. The number of hydrogen-bond acceptors (Lipinski definition) is 3. The van der Waals surface area contributed by atoms with Crippen LogP contribution >= 0.6 is 12.6 Å². The van der Waals surface area contributed by atoms with Crippen LogP contribution in [0.15, 0.2) is 18.2 Å². The van der Waals surface area contributed by atoms with Crippen LogP contribution in [-0.2, 0) is 11.3 Å². The SMILES string of the molecule is CCOc1ccc(CN(C)C(=O)CS)cc1C. The zero-order valence-corrected chi connectivity index (χ0v) is 11.5. The first-order valence-electron chi connectivity index (χ1n) is 5.65. The van der Waals surface area contributed by atoms with E-state index in [2.05, 4.69) is 12.6 Å². The number of amides is 1. The van der Waals surface area contributed by atoms with E-state index in [4.69, 9.17) is 4.74 Å². The first kappa shape index (κ1) is 13.9. The average Bonchev–Trinajstić information content (AvgIpc) is 2.31. The Morgan fingerprint density at radius 1 is 1.47 bits per heavy atom. The largest absolute Gasteiger partial charge is 0.494 e. The van der Waals surface area contributed by atoms with Gasteiger partial charge in [0.15, 0.2) is 0 Å². The van der Waals surface area contributed by atoms with E-state index < -0.39 is 0 Å². The fraction of sp³-hybridized carbons (Fsp3) is 0.462. The highest BCUT2D eigenvalue weighted by atomic mass is 32.1. The van der Waals surface area contributed by atoms with Crippen LogP contribution in [0.2, 0.25) is 0 Å². The molecule has 0 saturated heterocycles. The Morgan fingerprint density at radius 2 is 2.18 bits per heavy atom. The van der Waals surface area contributed by atoms with E-state index in [0.717, 1.165) is 16.9 Å². The highest BCUT2D eigenvalue weighted by Gasteiger charge is 2.08. The van der Waals surface area contributed by atoms with Crippen LogP contribution in [0.4, 0.5) is 0 Å².